The van der Waals surface area contributed by atoms with E-state index in [-0.39, 0.29) is 12.5 Å². The summed E-state index contributed by atoms with van der Waals surface area (Å²) in [6.45, 7) is 4.14. The predicted molar refractivity (Wildman–Crippen MR) is 63.8 cm³/mol. The number of ether oxygens (including phenoxy) is 1. The minimum atomic E-state index is -0.0484. The number of hydrogen-bond acceptors (Lipinski definition) is 3. The van der Waals surface area contributed by atoms with Gasteiger partial charge in [-0.1, -0.05) is 6.92 Å². The number of rotatable bonds is 7. The fourth-order valence-corrected chi connectivity index (χ4v) is 0.991. The summed E-state index contributed by atoms with van der Waals surface area (Å²) >= 11 is 4.94. The van der Waals surface area contributed by atoms with Gasteiger partial charge in [0.1, 0.15) is 0 Å². The van der Waals surface area contributed by atoms with Gasteiger partial charge in [-0.15, -0.1) is 0 Å². The Morgan fingerprint density at radius 2 is 2.00 bits per heavy atom. The predicted octanol–water partition coefficient (Wildman–Crippen LogP) is -0.377. The number of carbonyl (C=O) groups is 1. The molecule has 0 saturated carbocycles. The van der Waals surface area contributed by atoms with Crippen LogP contribution in [0.5, 0.6) is 0 Å². The molecule has 0 aromatic rings. The summed E-state index contributed by atoms with van der Waals surface area (Å²) in [4.78, 5) is 11.2. The summed E-state index contributed by atoms with van der Waals surface area (Å²) in [6, 6.07) is 0. The van der Waals surface area contributed by atoms with Crippen LogP contribution in [-0.2, 0) is 9.53 Å². The van der Waals surface area contributed by atoms with Crippen LogP contribution < -0.4 is 16.0 Å². The third-order valence-electron chi connectivity index (χ3n) is 1.57. The molecule has 0 aliphatic heterocycles. The Bertz CT molecular complexity index is 200. The van der Waals surface area contributed by atoms with Crippen LogP contribution >= 0.6 is 12.2 Å². The van der Waals surface area contributed by atoms with Crippen LogP contribution in [0.15, 0.2) is 0 Å². The molecule has 0 radical (unpaired) electrons. The van der Waals surface area contributed by atoms with Gasteiger partial charge in [-0.3, -0.25) is 4.79 Å². The van der Waals surface area contributed by atoms with Gasteiger partial charge >= 0.3 is 0 Å². The fourth-order valence-electron chi connectivity index (χ4n) is 0.817. The van der Waals surface area contributed by atoms with Crippen molar-refractivity contribution in [3.63, 3.8) is 0 Å². The molecule has 0 bridgehead atoms. The zero-order valence-corrected chi connectivity index (χ0v) is 10.1. The molecule has 88 valence electrons. The summed E-state index contributed by atoms with van der Waals surface area (Å²) in [5.41, 5.74) is 0. The van der Waals surface area contributed by atoms with Crippen molar-refractivity contribution in [1.29, 1.82) is 0 Å². The first-order valence-electron chi connectivity index (χ1n) is 4.98. The van der Waals surface area contributed by atoms with Gasteiger partial charge in [0.15, 0.2) is 5.11 Å². The Balaban J connectivity index is 3.40. The fraction of sp³-hybridized carbons (Fsp3) is 0.778. The molecule has 0 aliphatic carbocycles. The summed E-state index contributed by atoms with van der Waals surface area (Å²) in [5, 5.41) is 8.93. The van der Waals surface area contributed by atoms with Gasteiger partial charge in [0.2, 0.25) is 5.91 Å². The van der Waals surface area contributed by atoms with Gasteiger partial charge in [0.25, 0.3) is 0 Å². The first-order valence-corrected chi connectivity index (χ1v) is 5.38. The number of hydrogen-bond donors (Lipinski definition) is 3. The zero-order valence-electron chi connectivity index (χ0n) is 9.26. The molecular weight excluding hydrogens is 214 g/mol. The van der Waals surface area contributed by atoms with E-state index in [9.17, 15) is 4.79 Å². The third-order valence-corrected chi connectivity index (χ3v) is 1.86. The molecule has 0 aliphatic rings. The van der Waals surface area contributed by atoms with E-state index in [0.29, 0.717) is 24.8 Å². The zero-order chi connectivity index (χ0) is 11.5. The van der Waals surface area contributed by atoms with Crippen LogP contribution in [0.3, 0.4) is 0 Å². The lowest BCUT2D eigenvalue weighted by Crippen LogP contribution is -2.42. The number of nitrogens with one attached hydrogen (secondary N) is 3. The molecule has 0 atom stereocenters. The molecule has 0 rings (SSSR count). The van der Waals surface area contributed by atoms with E-state index in [1.807, 2.05) is 6.92 Å². The molecule has 5 nitrogen and oxygen atoms in total. The van der Waals surface area contributed by atoms with Crippen molar-refractivity contribution >= 4 is 23.2 Å². The maximum absolute atomic E-state index is 11.2. The van der Waals surface area contributed by atoms with Crippen LogP contribution in [-0.4, -0.2) is 44.4 Å². The minimum absolute atomic E-state index is 0.0484. The first-order chi connectivity index (χ1) is 7.20. The smallest absolute Gasteiger partial charge is 0.239 e. The first kappa shape index (κ1) is 14.1. The molecule has 6 heteroatoms. The van der Waals surface area contributed by atoms with Gasteiger partial charge in [-0.05, 0) is 18.6 Å². The highest BCUT2D eigenvalue weighted by Crippen LogP contribution is 1.72. The molecule has 0 unspecified atom stereocenters. The molecule has 3 N–H and O–H groups in total. The molecule has 0 saturated heterocycles. The lowest BCUT2D eigenvalue weighted by atomic mass is 10.4. The number of thiocarbonyl (C=S) groups is 1. The molecule has 0 heterocycles. The Labute approximate surface area is 95.9 Å². The Morgan fingerprint density at radius 1 is 1.27 bits per heavy atom. The van der Waals surface area contributed by atoms with E-state index in [0.717, 1.165) is 6.42 Å². The molecular formula is C9H19N3O2S. The standard InChI is InChI=1S/C9H19N3O2S/c1-3-4-10-8(13)7-12-9(15)11-5-6-14-2/h3-7H2,1-2H3,(H,10,13)(H2,11,12,15). The lowest BCUT2D eigenvalue weighted by Gasteiger charge is -2.09. The van der Waals surface area contributed by atoms with E-state index in [4.69, 9.17) is 17.0 Å². The molecule has 1 amide bonds. The van der Waals surface area contributed by atoms with Crippen molar-refractivity contribution in [3.8, 4) is 0 Å². The van der Waals surface area contributed by atoms with Crippen molar-refractivity contribution in [1.82, 2.24) is 16.0 Å². The average Bonchev–Trinajstić information content (AvgIpc) is 2.24. The molecule has 15 heavy (non-hydrogen) atoms. The summed E-state index contributed by atoms with van der Waals surface area (Å²) < 4.78 is 4.84. The van der Waals surface area contributed by atoms with Crippen molar-refractivity contribution < 1.29 is 9.53 Å². The maximum atomic E-state index is 11.2. The minimum Gasteiger partial charge on any atom is -0.383 e. The summed E-state index contributed by atoms with van der Waals surface area (Å²) in [6.07, 6.45) is 0.933. The van der Waals surface area contributed by atoms with Gasteiger partial charge in [0.05, 0.1) is 13.2 Å². The number of methoxy groups -OCH3 is 1. The SMILES string of the molecule is CCCNC(=O)CNC(=S)NCCOC. The number of carbonyl (C=O) groups excluding carboxylic acids is 1. The van der Waals surface area contributed by atoms with Crippen LogP contribution in [0.2, 0.25) is 0 Å². The quantitative estimate of drug-likeness (QED) is 0.413. The van der Waals surface area contributed by atoms with E-state index in [1.54, 1.807) is 7.11 Å². The van der Waals surface area contributed by atoms with Crippen LogP contribution in [0, 0.1) is 0 Å². The molecule has 0 spiro atoms. The highest BCUT2D eigenvalue weighted by atomic mass is 32.1. The Morgan fingerprint density at radius 3 is 2.60 bits per heavy atom. The highest BCUT2D eigenvalue weighted by molar-refractivity contribution is 7.80. The van der Waals surface area contributed by atoms with Crippen molar-refractivity contribution in [2.75, 3.05) is 33.4 Å². The highest BCUT2D eigenvalue weighted by Gasteiger charge is 2.00. The van der Waals surface area contributed by atoms with E-state index in [2.05, 4.69) is 16.0 Å². The average molecular weight is 233 g/mol. The normalized spacial score (nSPS) is 9.47. The lowest BCUT2D eigenvalue weighted by molar-refractivity contribution is -0.119. The van der Waals surface area contributed by atoms with Crippen molar-refractivity contribution in [2.45, 2.75) is 13.3 Å². The Kier molecular flexibility index (Phi) is 9.10. The topological polar surface area (TPSA) is 62.4 Å². The second-order valence-electron chi connectivity index (χ2n) is 2.95. The number of amides is 1. The summed E-state index contributed by atoms with van der Waals surface area (Å²) in [5.74, 6) is -0.0484. The summed E-state index contributed by atoms with van der Waals surface area (Å²) in [7, 11) is 1.62. The van der Waals surface area contributed by atoms with Crippen molar-refractivity contribution in [2.24, 2.45) is 0 Å². The second-order valence-corrected chi connectivity index (χ2v) is 3.36. The Hall–Kier alpha value is -0.880. The molecule has 0 aromatic heterocycles. The second kappa shape index (κ2) is 9.67. The van der Waals surface area contributed by atoms with Gasteiger partial charge in [0, 0.05) is 20.2 Å². The van der Waals surface area contributed by atoms with Crippen molar-refractivity contribution in [3.05, 3.63) is 0 Å². The van der Waals surface area contributed by atoms with Gasteiger partial charge < -0.3 is 20.7 Å². The molecule has 0 fully saturated rings. The molecule has 0 aromatic carbocycles. The maximum Gasteiger partial charge on any atom is 0.239 e. The monoisotopic (exact) mass is 233 g/mol. The van der Waals surface area contributed by atoms with Crippen LogP contribution in [0.1, 0.15) is 13.3 Å². The van der Waals surface area contributed by atoms with Crippen LogP contribution in [0.25, 0.3) is 0 Å². The van der Waals surface area contributed by atoms with Gasteiger partial charge in [-0.2, -0.15) is 0 Å². The van der Waals surface area contributed by atoms with E-state index >= 15 is 0 Å². The van der Waals surface area contributed by atoms with Crippen LogP contribution in [0.4, 0.5) is 0 Å². The van der Waals surface area contributed by atoms with E-state index < -0.39 is 0 Å². The largest absolute Gasteiger partial charge is 0.383 e. The van der Waals surface area contributed by atoms with E-state index in [1.165, 1.54) is 0 Å². The third kappa shape index (κ3) is 9.42. The van der Waals surface area contributed by atoms with Gasteiger partial charge in [-0.25, -0.2) is 0 Å².